The third kappa shape index (κ3) is 9.65. The smallest absolute Gasteiger partial charge is 0.207 e. The second-order valence-electron chi connectivity index (χ2n) is 3.70. The molecular formula is C13H22O3. The van der Waals surface area contributed by atoms with Crippen LogP contribution < -0.4 is 0 Å². The van der Waals surface area contributed by atoms with Gasteiger partial charge in [-0.2, -0.15) is 0 Å². The van der Waals surface area contributed by atoms with Gasteiger partial charge in [0.05, 0.1) is 0 Å². The van der Waals surface area contributed by atoms with Crippen LogP contribution in [0.15, 0.2) is 36.5 Å². The van der Waals surface area contributed by atoms with Crippen molar-refractivity contribution in [1.29, 1.82) is 0 Å². The number of hydrogen-bond acceptors (Lipinski definition) is 3. The summed E-state index contributed by atoms with van der Waals surface area (Å²) < 4.78 is 0. The Balaban J connectivity index is 3.69. The van der Waals surface area contributed by atoms with E-state index in [9.17, 15) is 0 Å². The molecule has 0 heterocycles. The summed E-state index contributed by atoms with van der Waals surface area (Å²) in [6, 6.07) is 0. The molecule has 0 aliphatic rings. The van der Waals surface area contributed by atoms with Crippen LogP contribution >= 0.6 is 0 Å². The van der Waals surface area contributed by atoms with Crippen LogP contribution in [0.5, 0.6) is 0 Å². The zero-order valence-electron chi connectivity index (χ0n) is 9.84. The Hall–Kier alpha value is -0.900. The molecule has 92 valence electrons. The molecule has 16 heavy (non-hydrogen) atoms. The van der Waals surface area contributed by atoms with Gasteiger partial charge in [0.2, 0.25) is 5.79 Å². The van der Waals surface area contributed by atoms with E-state index in [1.165, 1.54) is 25.3 Å². The van der Waals surface area contributed by atoms with Crippen LogP contribution in [0.3, 0.4) is 0 Å². The molecule has 0 aliphatic heterocycles. The van der Waals surface area contributed by atoms with Gasteiger partial charge >= 0.3 is 0 Å². The van der Waals surface area contributed by atoms with E-state index in [1.807, 2.05) is 12.2 Å². The lowest BCUT2D eigenvalue weighted by Crippen LogP contribution is -2.29. The molecule has 0 unspecified atom stereocenters. The summed E-state index contributed by atoms with van der Waals surface area (Å²) in [4.78, 5) is 0. The molecular weight excluding hydrogens is 204 g/mol. The number of aliphatic hydroxyl groups excluding tert-OH is 1. The molecule has 0 saturated heterocycles. The lowest BCUT2D eigenvalue weighted by Gasteiger charge is -2.11. The first-order valence-electron chi connectivity index (χ1n) is 5.69. The highest BCUT2D eigenvalue weighted by Crippen LogP contribution is 2.00. The SMILES string of the molecule is CCCCCC=CC=CC=CC(O)(O)CO. The molecule has 3 nitrogen and oxygen atoms in total. The Kier molecular flexibility index (Phi) is 8.81. The summed E-state index contributed by atoms with van der Waals surface area (Å²) in [5.74, 6) is -2.12. The van der Waals surface area contributed by atoms with Gasteiger partial charge in [0.25, 0.3) is 0 Å². The zero-order chi connectivity index (χ0) is 12.3. The quantitative estimate of drug-likeness (QED) is 0.336. The van der Waals surface area contributed by atoms with Crippen molar-refractivity contribution in [3.63, 3.8) is 0 Å². The highest BCUT2D eigenvalue weighted by Gasteiger charge is 2.15. The predicted octanol–water partition coefficient (Wildman–Crippen LogP) is 1.91. The molecule has 0 rings (SSSR count). The summed E-state index contributed by atoms with van der Waals surface area (Å²) >= 11 is 0. The monoisotopic (exact) mass is 226 g/mol. The third-order valence-corrected chi connectivity index (χ3v) is 2.04. The minimum absolute atomic E-state index is 0.704. The lowest BCUT2D eigenvalue weighted by atomic mass is 10.2. The highest BCUT2D eigenvalue weighted by atomic mass is 16.5. The fraction of sp³-hybridized carbons (Fsp3) is 0.538. The molecule has 3 heteroatoms. The van der Waals surface area contributed by atoms with Crippen LogP contribution in [0.25, 0.3) is 0 Å². The highest BCUT2D eigenvalue weighted by molar-refractivity contribution is 5.13. The van der Waals surface area contributed by atoms with E-state index in [0.29, 0.717) is 0 Å². The molecule has 0 aromatic heterocycles. The molecule has 0 bridgehead atoms. The molecule has 3 N–H and O–H groups in total. The minimum atomic E-state index is -2.12. The maximum atomic E-state index is 8.99. The maximum absolute atomic E-state index is 8.99. The van der Waals surface area contributed by atoms with Crippen molar-refractivity contribution >= 4 is 0 Å². The second kappa shape index (κ2) is 9.33. The summed E-state index contributed by atoms with van der Waals surface area (Å²) in [5, 5.41) is 26.5. The van der Waals surface area contributed by atoms with Gasteiger partial charge in [0.15, 0.2) is 0 Å². The molecule has 0 aromatic rings. The number of unbranched alkanes of at least 4 members (excludes halogenated alkanes) is 3. The van der Waals surface area contributed by atoms with Gasteiger partial charge in [-0.1, -0.05) is 50.1 Å². The van der Waals surface area contributed by atoms with E-state index in [1.54, 1.807) is 6.08 Å². The van der Waals surface area contributed by atoms with Crippen LogP contribution in [0.4, 0.5) is 0 Å². The van der Waals surface area contributed by atoms with Crippen molar-refractivity contribution < 1.29 is 15.3 Å². The summed E-state index contributed by atoms with van der Waals surface area (Å²) in [7, 11) is 0. The van der Waals surface area contributed by atoms with Crippen LogP contribution in [-0.4, -0.2) is 27.7 Å². The van der Waals surface area contributed by atoms with Gasteiger partial charge in [-0.25, -0.2) is 0 Å². The van der Waals surface area contributed by atoms with Crippen molar-refractivity contribution in [1.82, 2.24) is 0 Å². The fourth-order valence-electron chi connectivity index (χ4n) is 1.08. The van der Waals surface area contributed by atoms with Gasteiger partial charge in [-0.05, 0) is 18.9 Å². The number of hydrogen-bond donors (Lipinski definition) is 3. The van der Waals surface area contributed by atoms with E-state index >= 15 is 0 Å². The average molecular weight is 226 g/mol. The normalized spacial score (nSPS) is 13.5. The Morgan fingerprint density at radius 1 is 1.00 bits per heavy atom. The summed E-state index contributed by atoms with van der Waals surface area (Å²) in [6.45, 7) is 1.47. The molecule has 0 spiro atoms. The Morgan fingerprint density at radius 3 is 2.31 bits per heavy atom. The first-order chi connectivity index (χ1) is 7.62. The van der Waals surface area contributed by atoms with Crippen LogP contribution in [0.2, 0.25) is 0 Å². The van der Waals surface area contributed by atoms with E-state index in [4.69, 9.17) is 15.3 Å². The van der Waals surface area contributed by atoms with Gasteiger partial charge in [-0.15, -0.1) is 0 Å². The van der Waals surface area contributed by atoms with E-state index in [0.717, 1.165) is 12.5 Å². The van der Waals surface area contributed by atoms with Crippen molar-refractivity contribution in [3.05, 3.63) is 36.5 Å². The van der Waals surface area contributed by atoms with Crippen molar-refractivity contribution in [2.45, 2.75) is 38.4 Å². The second-order valence-corrected chi connectivity index (χ2v) is 3.70. The van der Waals surface area contributed by atoms with Crippen LogP contribution in [0, 0.1) is 0 Å². The summed E-state index contributed by atoms with van der Waals surface area (Å²) in [5.41, 5.74) is 0. The molecule has 0 amide bonds. The number of allylic oxidation sites excluding steroid dienone is 5. The Bertz CT molecular complexity index is 240. The Morgan fingerprint density at radius 2 is 1.69 bits per heavy atom. The fourth-order valence-corrected chi connectivity index (χ4v) is 1.08. The van der Waals surface area contributed by atoms with Gasteiger partial charge < -0.3 is 15.3 Å². The predicted molar refractivity (Wildman–Crippen MR) is 65.8 cm³/mol. The number of aliphatic hydroxyl groups is 3. The maximum Gasteiger partial charge on any atom is 0.207 e. The number of rotatable bonds is 8. The molecule has 0 radical (unpaired) electrons. The van der Waals surface area contributed by atoms with Crippen LogP contribution in [0.1, 0.15) is 32.6 Å². The molecule has 0 fully saturated rings. The Labute approximate surface area is 97.4 Å². The first kappa shape index (κ1) is 15.1. The zero-order valence-corrected chi connectivity index (χ0v) is 9.84. The van der Waals surface area contributed by atoms with E-state index in [2.05, 4.69) is 13.0 Å². The van der Waals surface area contributed by atoms with Crippen LogP contribution in [-0.2, 0) is 0 Å². The van der Waals surface area contributed by atoms with Crippen molar-refractivity contribution in [2.75, 3.05) is 6.61 Å². The molecule has 0 aromatic carbocycles. The summed E-state index contributed by atoms with van der Waals surface area (Å²) in [6.07, 6.45) is 14.9. The topological polar surface area (TPSA) is 60.7 Å². The van der Waals surface area contributed by atoms with E-state index < -0.39 is 12.4 Å². The largest absolute Gasteiger partial charge is 0.390 e. The third-order valence-electron chi connectivity index (χ3n) is 2.04. The van der Waals surface area contributed by atoms with Crippen molar-refractivity contribution in [2.24, 2.45) is 0 Å². The van der Waals surface area contributed by atoms with Gasteiger partial charge in [0, 0.05) is 0 Å². The average Bonchev–Trinajstić information content (AvgIpc) is 2.27. The first-order valence-corrected chi connectivity index (χ1v) is 5.69. The molecule has 0 aliphatic carbocycles. The van der Waals surface area contributed by atoms with Gasteiger partial charge in [0.1, 0.15) is 6.61 Å². The van der Waals surface area contributed by atoms with Gasteiger partial charge in [-0.3, -0.25) is 0 Å². The standard InChI is InChI=1S/C13H22O3/c1-2-3-4-5-6-7-8-9-10-11-13(15,16)12-14/h6-11,14-16H,2-5,12H2,1H3. The molecule has 0 saturated carbocycles. The minimum Gasteiger partial charge on any atom is -0.390 e. The lowest BCUT2D eigenvalue weighted by molar-refractivity contribution is -0.146. The van der Waals surface area contributed by atoms with Crippen molar-refractivity contribution in [3.8, 4) is 0 Å². The molecule has 0 atom stereocenters. The van der Waals surface area contributed by atoms with E-state index in [-0.39, 0.29) is 0 Å².